The Balaban J connectivity index is 2.16. The summed E-state index contributed by atoms with van der Waals surface area (Å²) in [7, 11) is 0. The van der Waals surface area contributed by atoms with E-state index in [1.165, 1.54) is 0 Å². The van der Waals surface area contributed by atoms with Gasteiger partial charge in [0.15, 0.2) is 67.7 Å². The zero-order valence-corrected chi connectivity index (χ0v) is 36.4. The first-order valence-corrected chi connectivity index (χ1v) is 19.4. The summed E-state index contributed by atoms with van der Waals surface area (Å²) in [4.78, 5) is 123. The van der Waals surface area contributed by atoms with Crippen molar-refractivity contribution in [3.63, 3.8) is 0 Å². The third-order valence-electron chi connectivity index (χ3n) is 8.83. The van der Waals surface area contributed by atoms with Gasteiger partial charge in [0.25, 0.3) is 0 Å². The molecule has 0 aromatic heterocycles. The molecule has 0 spiro atoms. The third kappa shape index (κ3) is 15.6. The highest BCUT2D eigenvalue weighted by Crippen LogP contribution is 2.36. The second kappa shape index (κ2) is 23.9. The van der Waals surface area contributed by atoms with E-state index in [1.54, 1.807) is 0 Å². The van der Waals surface area contributed by atoms with Crippen LogP contribution in [0.25, 0.3) is 0 Å². The zero-order chi connectivity index (χ0) is 48.2. The van der Waals surface area contributed by atoms with Crippen LogP contribution in [0.5, 0.6) is 0 Å². The van der Waals surface area contributed by atoms with Crippen LogP contribution in [0, 0.1) is 0 Å². The normalized spacial score (nSPS) is 32.3. The molecule has 26 nitrogen and oxygen atoms in total. The molecule has 0 aromatic carbocycles. The van der Waals surface area contributed by atoms with Gasteiger partial charge in [-0.1, -0.05) is 0 Å². The SMILES string of the molecule is CC(=O)OC[C@H]1O[C@@H](O[C@H]2[C@H](OC(C)=O)[C@@H](OC(C)=O)[C@H](OC[C@H]3O[C@@H](O)[C@H](OC(C)=O)[C@@H](OC(C)=O)[C@@H]3OC(C)=O)O[C@@H]2COC(C)=O)[C@H](OC(C)=O)[C@@H](OC(C)=O)[C@@H]1OC(C)=O. The molecule has 3 fully saturated rings. The Labute approximate surface area is 364 Å². The van der Waals surface area contributed by atoms with Crippen LogP contribution in [-0.2, 0) is 119 Å². The molecule has 15 atom stereocenters. The zero-order valence-electron chi connectivity index (χ0n) is 36.4. The van der Waals surface area contributed by atoms with Crippen LogP contribution in [0.3, 0.4) is 0 Å². The molecular weight excluding hydrogens is 872 g/mol. The number of carbonyl (C=O) groups excluding carboxylic acids is 10. The molecule has 3 aliphatic rings. The minimum absolute atomic E-state index is 0.665. The molecule has 1 N–H and O–H groups in total. The maximum Gasteiger partial charge on any atom is 0.303 e. The Morgan fingerprint density at radius 3 is 1.05 bits per heavy atom. The highest BCUT2D eigenvalue weighted by molar-refractivity contribution is 5.70. The second-order valence-corrected chi connectivity index (χ2v) is 14.3. The lowest BCUT2D eigenvalue weighted by atomic mass is 9.95. The van der Waals surface area contributed by atoms with Crippen LogP contribution in [0.2, 0.25) is 0 Å². The molecule has 0 aromatic rings. The highest BCUT2D eigenvalue weighted by Gasteiger charge is 2.58. The summed E-state index contributed by atoms with van der Waals surface area (Å²) < 4.78 is 83.7. The number of aliphatic hydroxyl groups excluding tert-OH is 1. The maximum absolute atomic E-state index is 12.8. The Kier molecular flexibility index (Phi) is 19.8. The summed E-state index contributed by atoms with van der Waals surface area (Å²) in [5.74, 6) is -9.47. The lowest BCUT2D eigenvalue weighted by Crippen LogP contribution is -2.67. The minimum atomic E-state index is -2.02. The van der Waals surface area contributed by atoms with Gasteiger partial charge in [0, 0.05) is 69.2 Å². The van der Waals surface area contributed by atoms with Gasteiger partial charge >= 0.3 is 59.7 Å². The lowest BCUT2D eigenvalue weighted by molar-refractivity contribution is -0.365. The molecule has 0 bridgehead atoms. The summed E-state index contributed by atoms with van der Waals surface area (Å²) in [5, 5.41) is 10.9. The van der Waals surface area contributed by atoms with E-state index >= 15 is 0 Å². The van der Waals surface area contributed by atoms with Crippen molar-refractivity contribution in [2.45, 2.75) is 161 Å². The minimum Gasteiger partial charge on any atom is -0.463 e. The fraction of sp³-hybridized carbons (Fsp3) is 0.737. The van der Waals surface area contributed by atoms with E-state index in [2.05, 4.69) is 0 Å². The Hall–Kier alpha value is -5.54. The van der Waals surface area contributed by atoms with Crippen molar-refractivity contribution in [2.75, 3.05) is 19.8 Å². The molecule has 0 aliphatic carbocycles. The molecule has 3 heterocycles. The van der Waals surface area contributed by atoms with Crippen molar-refractivity contribution in [1.82, 2.24) is 0 Å². The monoisotopic (exact) mass is 924 g/mol. The smallest absolute Gasteiger partial charge is 0.303 e. The lowest BCUT2D eigenvalue weighted by Gasteiger charge is -2.49. The molecular formula is C38H52O26. The van der Waals surface area contributed by atoms with E-state index in [9.17, 15) is 53.1 Å². The van der Waals surface area contributed by atoms with E-state index in [0.29, 0.717) is 0 Å². The van der Waals surface area contributed by atoms with Crippen LogP contribution in [0.1, 0.15) is 69.2 Å². The molecule has 3 aliphatic heterocycles. The fourth-order valence-corrected chi connectivity index (χ4v) is 6.80. The molecule has 26 heteroatoms. The Morgan fingerprint density at radius 2 is 0.641 bits per heavy atom. The Morgan fingerprint density at radius 1 is 0.344 bits per heavy atom. The van der Waals surface area contributed by atoms with Crippen molar-refractivity contribution >= 4 is 59.7 Å². The molecule has 64 heavy (non-hydrogen) atoms. The molecule has 0 amide bonds. The maximum atomic E-state index is 12.8. The van der Waals surface area contributed by atoms with Crippen LogP contribution in [-0.4, -0.2) is 177 Å². The van der Waals surface area contributed by atoms with Crippen molar-refractivity contribution < 1.29 is 124 Å². The summed E-state index contributed by atoms with van der Waals surface area (Å²) in [5.41, 5.74) is 0. The van der Waals surface area contributed by atoms with Crippen molar-refractivity contribution in [1.29, 1.82) is 0 Å². The van der Waals surface area contributed by atoms with E-state index in [4.69, 9.17) is 71.1 Å². The van der Waals surface area contributed by atoms with Crippen molar-refractivity contribution in [2.24, 2.45) is 0 Å². The quantitative estimate of drug-likeness (QED) is 0.123. The predicted octanol–water partition coefficient (Wildman–Crippen LogP) is -1.86. The van der Waals surface area contributed by atoms with Gasteiger partial charge in [0.1, 0.15) is 37.6 Å². The second-order valence-electron chi connectivity index (χ2n) is 14.3. The number of esters is 10. The van der Waals surface area contributed by atoms with Crippen LogP contribution < -0.4 is 0 Å². The van der Waals surface area contributed by atoms with E-state index in [0.717, 1.165) is 69.2 Å². The topological polar surface area (TPSA) is 329 Å². The van der Waals surface area contributed by atoms with Crippen LogP contribution in [0.15, 0.2) is 0 Å². The molecule has 3 saturated heterocycles. The van der Waals surface area contributed by atoms with Gasteiger partial charge in [-0.3, -0.25) is 47.9 Å². The summed E-state index contributed by atoms with van der Waals surface area (Å²) >= 11 is 0. The van der Waals surface area contributed by atoms with E-state index < -0.39 is 172 Å². The van der Waals surface area contributed by atoms with Gasteiger partial charge in [-0.2, -0.15) is 0 Å². The van der Waals surface area contributed by atoms with E-state index in [-0.39, 0.29) is 0 Å². The van der Waals surface area contributed by atoms with Gasteiger partial charge in [-0.25, -0.2) is 0 Å². The van der Waals surface area contributed by atoms with Gasteiger partial charge < -0.3 is 76.2 Å². The number of ether oxygens (including phenoxy) is 15. The first-order chi connectivity index (χ1) is 29.9. The van der Waals surface area contributed by atoms with E-state index in [1.807, 2.05) is 0 Å². The molecule has 0 unspecified atom stereocenters. The number of carbonyl (C=O) groups is 10. The van der Waals surface area contributed by atoms with Crippen molar-refractivity contribution in [3.05, 3.63) is 0 Å². The molecule has 0 saturated carbocycles. The van der Waals surface area contributed by atoms with Gasteiger partial charge in [-0.05, 0) is 0 Å². The number of rotatable bonds is 17. The number of aliphatic hydroxyl groups is 1. The first-order valence-electron chi connectivity index (χ1n) is 19.4. The van der Waals surface area contributed by atoms with Crippen LogP contribution >= 0.6 is 0 Å². The standard InChI is InChI=1S/C38H52O26/c1-14(39)50-11-25-28(54-17(4)42)31(56-19(6)44)35(60-23(10)48)38(63-25)64-29-26(12-51-15(2)40)62-37(34(59-22(9)47)32(29)57-20(7)45)52-13-24-27(53-16(3)41)30(55-18(5)43)33(36(49)61-24)58-21(8)46/h24-38,49H,11-13H2,1-10H3/t24-,25-,26-,27-,28-,29-,30+,31+,32+,33-,34-,35-,36-,37-,38+/m1/s1. The molecule has 0 radical (unpaired) electrons. The van der Waals surface area contributed by atoms with Gasteiger partial charge in [0.2, 0.25) is 0 Å². The largest absolute Gasteiger partial charge is 0.463 e. The number of hydrogen-bond acceptors (Lipinski definition) is 26. The molecule has 3 rings (SSSR count). The summed E-state index contributed by atoms with van der Waals surface area (Å²) in [6.45, 7) is 7.71. The average molecular weight is 925 g/mol. The third-order valence-corrected chi connectivity index (χ3v) is 8.83. The summed E-state index contributed by atoms with van der Waals surface area (Å²) in [6, 6.07) is 0. The van der Waals surface area contributed by atoms with Gasteiger partial charge in [0.05, 0.1) is 6.61 Å². The fourth-order valence-electron chi connectivity index (χ4n) is 6.80. The summed E-state index contributed by atoms with van der Waals surface area (Å²) in [6.07, 6.45) is -26.3. The highest BCUT2D eigenvalue weighted by atomic mass is 16.8. The number of hydrogen-bond donors (Lipinski definition) is 1. The Bertz CT molecular complexity index is 1730. The van der Waals surface area contributed by atoms with Gasteiger partial charge in [-0.15, -0.1) is 0 Å². The predicted molar refractivity (Wildman–Crippen MR) is 197 cm³/mol. The van der Waals surface area contributed by atoms with Crippen LogP contribution in [0.4, 0.5) is 0 Å². The first kappa shape index (κ1) is 52.8. The average Bonchev–Trinajstić information content (AvgIpc) is 3.14. The van der Waals surface area contributed by atoms with Crippen molar-refractivity contribution in [3.8, 4) is 0 Å². The molecule has 360 valence electrons.